The average molecular weight is 409 g/mol. The van der Waals surface area contributed by atoms with Crippen LogP contribution in [-0.4, -0.2) is 22.4 Å². The molecular weight excluding hydrogens is 384 g/mol. The summed E-state index contributed by atoms with van der Waals surface area (Å²) in [4.78, 5) is 0.191. The quantitative estimate of drug-likeness (QED) is 0.795. The second kappa shape index (κ2) is 6.92. The fourth-order valence-corrected chi connectivity index (χ4v) is 5.68. The normalized spacial score (nSPS) is 14.8. The summed E-state index contributed by atoms with van der Waals surface area (Å²) in [6, 6.07) is 10.9. The molecule has 8 heteroatoms. The molecular formula is C19H24N2O4S2. The first-order chi connectivity index (χ1) is 12.5. The molecule has 1 aliphatic rings. The van der Waals surface area contributed by atoms with Gasteiger partial charge in [0.2, 0.25) is 10.0 Å². The van der Waals surface area contributed by atoms with Crippen LogP contribution >= 0.6 is 0 Å². The van der Waals surface area contributed by atoms with Crippen LogP contribution in [0.3, 0.4) is 0 Å². The van der Waals surface area contributed by atoms with E-state index in [0.717, 1.165) is 24.8 Å². The Balaban J connectivity index is 1.88. The molecule has 0 saturated carbocycles. The van der Waals surface area contributed by atoms with Crippen molar-refractivity contribution >= 4 is 25.7 Å². The second-order valence-electron chi connectivity index (χ2n) is 7.77. The van der Waals surface area contributed by atoms with E-state index in [9.17, 15) is 16.8 Å². The summed E-state index contributed by atoms with van der Waals surface area (Å²) in [6.07, 6.45) is 2.89. The minimum absolute atomic E-state index is 0.00609. The van der Waals surface area contributed by atoms with Gasteiger partial charge in [0, 0.05) is 5.54 Å². The zero-order valence-corrected chi connectivity index (χ0v) is 17.2. The summed E-state index contributed by atoms with van der Waals surface area (Å²) in [5, 5.41) is 0. The van der Waals surface area contributed by atoms with E-state index in [1.807, 2.05) is 6.07 Å². The third-order valence-corrected chi connectivity index (χ3v) is 7.35. The van der Waals surface area contributed by atoms with Gasteiger partial charge >= 0.3 is 0 Å². The number of hydrogen-bond donors (Lipinski definition) is 2. The van der Waals surface area contributed by atoms with Gasteiger partial charge < -0.3 is 0 Å². The molecule has 6 nitrogen and oxygen atoms in total. The van der Waals surface area contributed by atoms with Crippen molar-refractivity contribution in [3.8, 4) is 0 Å². The maximum atomic E-state index is 12.7. The van der Waals surface area contributed by atoms with Gasteiger partial charge in [-0.25, -0.2) is 21.6 Å². The molecule has 0 bridgehead atoms. The molecule has 0 radical (unpaired) electrons. The van der Waals surface area contributed by atoms with E-state index >= 15 is 0 Å². The first kappa shape index (κ1) is 19.9. The molecule has 0 amide bonds. The number of benzene rings is 2. The van der Waals surface area contributed by atoms with Crippen LogP contribution in [0, 0.1) is 0 Å². The Bertz CT molecular complexity index is 1070. The van der Waals surface area contributed by atoms with Crippen LogP contribution in [0.25, 0.3) is 0 Å². The fraction of sp³-hybridized carbons (Fsp3) is 0.368. The summed E-state index contributed by atoms with van der Waals surface area (Å²) in [7, 11) is -7.55. The highest BCUT2D eigenvalue weighted by Crippen LogP contribution is 2.26. The number of hydrogen-bond acceptors (Lipinski definition) is 4. The molecule has 0 unspecified atom stereocenters. The van der Waals surface area contributed by atoms with E-state index in [0.29, 0.717) is 0 Å². The Morgan fingerprint density at radius 2 is 1.48 bits per heavy atom. The van der Waals surface area contributed by atoms with Gasteiger partial charge in [-0.2, -0.15) is 0 Å². The van der Waals surface area contributed by atoms with Crippen molar-refractivity contribution in [3.63, 3.8) is 0 Å². The molecule has 0 heterocycles. The Kier molecular flexibility index (Phi) is 5.09. The lowest BCUT2D eigenvalue weighted by atomic mass is 10.1. The molecule has 0 aromatic heterocycles. The molecule has 0 atom stereocenters. The third-order valence-electron chi connectivity index (χ3n) is 4.22. The van der Waals surface area contributed by atoms with Crippen molar-refractivity contribution < 1.29 is 16.8 Å². The van der Waals surface area contributed by atoms with E-state index in [2.05, 4.69) is 9.44 Å². The Morgan fingerprint density at radius 3 is 2.19 bits per heavy atom. The highest BCUT2D eigenvalue weighted by molar-refractivity contribution is 7.92. The first-order valence-electron chi connectivity index (χ1n) is 8.75. The number of sulfonamides is 2. The zero-order valence-electron chi connectivity index (χ0n) is 15.6. The van der Waals surface area contributed by atoms with E-state index in [1.54, 1.807) is 32.9 Å². The second-order valence-corrected chi connectivity index (χ2v) is 11.1. The van der Waals surface area contributed by atoms with Crippen LogP contribution in [-0.2, 0) is 32.9 Å². The molecule has 2 N–H and O–H groups in total. The number of fused-ring (bicyclic) bond motifs is 1. The van der Waals surface area contributed by atoms with Crippen LogP contribution in [0.1, 0.15) is 38.3 Å². The molecule has 3 rings (SSSR count). The number of aryl methyl sites for hydroxylation is 2. The van der Waals surface area contributed by atoms with Crippen LogP contribution in [0.4, 0.5) is 5.69 Å². The smallest absolute Gasteiger partial charge is 0.261 e. The van der Waals surface area contributed by atoms with E-state index in [1.165, 1.54) is 29.8 Å². The van der Waals surface area contributed by atoms with Gasteiger partial charge in [0.05, 0.1) is 15.5 Å². The molecule has 0 fully saturated rings. The van der Waals surface area contributed by atoms with Gasteiger partial charge in [0.15, 0.2) is 0 Å². The molecule has 0 aliphatic heterocycles. The average Bonchev–Trinajstić information content (AvgIpc) is 3.00. The maximum Gasteiger partial charge on any atom is 0.261 e. The maximum absolute atomic E-state index is 12.7. The van der Waals surface area contributed by atoms with Gasteiger partial charge in [0.1, 0.15) is 0 Å². The lowest BCUT2D eigenvalue weighted by Gasteiger charge is -2.20. The summed E-state index contributed by atoms with van der Waals surface area (Å²) < 4.78 is 55.4. The van der Waals surface area contributed by atoms with Crippen molar-refractivity contribution in [3.05, 3.63) is 53.6 Å². The van der Waals surface area contributed by atoms with Crippen LogP contribution in [0.15, 0.2) is 52.3 Å². The highest BCUT2D eigenvalue weighted by Gasteiger charge is 2.23. The van der Waals surface area contributed by atoms with Crippen molar-refractivity contribution in [2.45, 2.75) is 55.4 Å². The number of rotatable bonds is 5. The third kappa shape index (κ3) is 4.69. The Hall–Kier alpha value is -1.90. The number of nitrogens with one attached hydrogen (secondary N) is 2. The largest absolute Gasteiger partial charge is 0.280 e. The Labute approximate surface area is 161 Å². The SMILES string of the molecule is CC(C)(C)NS(=O)(=O)c1cccc(NS(=O)(=O)c2ccc3c(c2)CCC3)c1. The van der Waals surface area contributed by atoms with Crippen molar-refractivity contribution in [2.75, 3.05) is 4.72 Å². The summed E-state index contributed by atoms with van der Waals surface area (Å²) in [5.74, 6) is 0. The van der Waals surface area contributed by atoms with E-state index in [4.69, 9.17) is 0 Å². The van der Waals surface area contributed by atoms with Gasteiger partial charge in [-0.15, -0.1) is 0 Å². The molecule has 2 aromatic rings. The monoisotopic (exact) mass is 408 g/mol. The molecule has 1 aliphatic carbocycles. The van der Waals surface area contributed by atoms with E-state index < -0.39 is 25.6 Å². The van der Waals surface area contributed by atoms with Crippen LogP contribution < -0.4 is 9.44 Å². The molecule has 0 saturated heterocycles. The molecule has 2 aromatic carbocycles. The lowest BCUT2D eigenvalue weighted by Crippen LogP contribution is -2.40. The molecule has 27 heavy (non-hydrogen) atoms. The minimum atomic E-state index is -3.80. The Morgan fingerprint density at radius 1 is 0.815 bits per heavy atom. The van der Waals surface area contributed by atoms with Gasteiger partial charge in [0.25, 0.3) is 10.0 Å². The summed E-state index contributed by atoms with van der Waals surface area (Å²) in [6.45, 7) is 5.22. The van der Waals surface area contributed by atoms with Crippen LogP contribution in [0.2, 0.25) is 0 Å². The van der Waals surface area contributed by atoms with E-state index in [-0.39, 0.29) is 15.5 Å². The zero-order chi connectivity index (χ0) is 19.9. The highest BCUT2D eigenvalue weighted by atomic mass is 32.2. The van der Waals surface area contributed by atoms with Crippen molar-refractivity contribution in [1.82, 2.24) is 4.72 Å². The van der Waals surface area contributed by atoms with Gasteiger partial charge in [-0.1, -0.05) is 12.1 Å². The minimum Gasteiger partial charge on any atom is -0.280 e. The first-order valence-corrected chi connectivity index (χ1v) is 11.7. The van der Waals surface area contributed by atoms with Gasteiger partial charge in [-0.05, 0) is 81.5 Å². The van der Waals surface area contributed by atoms with Gasteiger partial charge in [-0.3, -0.25) is 4.72 Å². The topological polar surface area (TPSA) is 92.3 Å². The fourth-order valence-electron chi connectivity index (χ4n) is 3.12. The van der Waals surface area contributed by atoms with Crippen molar-refractivity contribution in [2.24, 2.45) is 0 Å². The predicted octanol–water partition coefficient (Wildman–Crippen LogP) is 3.05. The summed E-state index contributed by atoms with van der Waals surface area (Å²) >= 11 is 0. The van der Waals surface area contributed by atoms with Crippen molar-refractivity contribution in [1.29, 1.82) is 0 Å². The molecule has 146 valence electrons. The number of anilines is 1. The summed E-state index contributed by atoms with van der Waals surface area (Å²) in [5.41, 5.74) is 1.81. The van der Waals surface area contributed by atoms with Crippen LogP contribution in [0.5, 0.6) is 0 Å². The standard InChI is InChI=1S/C19H24N2O4S2/c1-19(2,3)21-27(24,25)17-9-5-8-16(13-17)20-26(22,23)18-11-10-14-6-4-7-15(14)12-18/h5,8-13,20-21H,4,6-7H2,1-3H3. The predicted molar refractivity (Wildman–Crippen MR) is 106 cm³/mol. The molecule has 0 spiro atoms. The lowest BCUT2D eigenvalue weighted by molar-refractivity contribution is 0.491.